The van der Waals surface area contributed by atoms with Crippen LogP contribution < -0.4 is 4.74 Å². The second-order valence-electron chi connectivity index (χ2n) is 7.70. The molecule has 142 valence electrons. The Labute approximate surface area is 168 Å². The van der Waals surface area contributed by atoms with Gasteiger partial charge in [0.25, 0.3) is 0 Å². The van der Waals surface area contributed by atoms with Gasteiger partial charge >= 0.3 is 0 Å². The molecular formula is C22H30ClNOS. The monoisotopic (exact) mass is 391 g/mol. The molecule has 0 N–H and O–H groups in total. The summed E-state index contributed by atoms with van der Waals surface area (Å²) < 4.78 is 6.01. The van der Waals surface area contributed by atoms with Crippen molar-refractivity contribution in [3.63, 3.8) is 0 Å². The molecule has 1 aliphatic carbocycles. The fourth-order valence-electron chi connectivity index (χ4n) is 4.70. The first-order chi connectivity index (χ1) is 12.3. The lowest BCUT2D eigenvalue weighted by atomic mass is 9.72. The Morgan fingerprint density at radius 3 is 2.88 bits per heavy atom. The molecule has 26 heavy (non-hydrogen) atoms. The quantitative estimate of drug-likeness (QED) is 0.631. The molecule has 2 aliphatic rings. The van der Waals surface area contributed by atoms with Crippen molar-refractivity contribution in [1.82, 2.24) is 4.90 Å². The molecular weight excluding hydrogens is 362 g/mol. The summed E-state index contributed by atoms with van der Waals surface area (Å²) in [7, 11) is 0. The van der Waals surface area contributed by atoms with E-state index in [2.05, 4.69) is 46.8 Å². The topological polar surface area (TPSA) is 12.5 Å². The van der Waals surface area contributed by atoms with Crippen LogP contribution >= 0.6 is 23.7 Å². The van der Waals surface area contributed by atoms with Crippen molar-refractivity contribution < 1.29 is 4.74 Å². The zero-order valence-corrected chi connectivity index (χ0v) is 17.3. The van der Waals surface area contributed by atoms with Gasteiger partial charge in [0.15, 0.2) is 0 Å². The van der Waals surface area contributed by atoms with Crippen LogP contribution in [0.15, 0.2) is 35.0 Å². The van der Waals surface area contributed by atoms with Crippen LogP contribution in [0.2, 0.25) is 0 Å². The van der Waals surface area contributed by atoms with Gasteiger partial charge in [0.1, 0.15) is 12.4 Å². The normalized spacial score (nSPS) is 22.7. The summed E-state index contributed by atoms with van der Waals surface area (Å²) in [6, 6.07) is 8.94. The lowest BCUT2D eigenvalue weighted by Gasteiger charge is -2.50. The molecule has 0 saturated carbocycles. The van der Waals surface area contributed by atoms with E-state index in [1.54, 1.807) is 16.9 Å². The van der Waals surface area contributed by atoms with Gasteiger partial charge in [-0.2, -0.15) is 11.3 Å². The van der Waals surface area contributed by atoms with Crippen molar-refractivity contribution in [2.24, 2.45) is 0 Å². The third-order valence-electron chi connectivity index (χ3n) is 6.03. The number of rotatable bonds is 5. The first-order valence-corrected chi connectivity index (χ1v) is 10.7. The van der Waals surface area contributed by atoms with Crippen LogP contribution in [0, 0.1) is 0 Å². The first-order valence-electron chi connectivity index (χ1n) is 9.80. The summed E-state index contributed by atoms with van der Waals surface area (Å²) in [5.74, 6) is 1.02. The minimum absolute atomic E-state index is 0. The number of fused-ring (bicyclic) bond motifs is 1. The highest BCUT2D eigenvalue weighted by atomic mass is 35.5. The minimum Gasteiger partial charge on any atom is -0.489 e. The van der Waals surface area contributed by atoms with Crippen LogP contribution in [0.4, 0.5) is 0 Å². The molecule has 1 fully saturated rings. The number of halogens is 1. The maximum Gasteiger partial charge on any atom is 0.120 e. The molecule has 1 atom stereocenters. The Kier molecular flexibility index (Phi) is 6.65. The number of ether oxygens (including phenoxy) is 1. The molecule has 1 spiro atoms. The number of piperidine rings is 1. The average Bonchev–Trinajstić information content (AvgIpc) is 3.16. The molecule has 0 bridgehead atoms. The van der Waals surface area contributed by atoms with Gasteiger partial charge in [-0.15, -0.1) is 12.4 Å². The summed E-state index contributed by atoms with van der Waals surface area (Å²) in [6.07, 6.45) is 9.17. The van der Waals surface area contributed by atoms with Gasteiger partial charge in [0.2, 0.25) is 0 Å². The van der Waals surface area contributed by atoms with Crippen LogP contribution in [0.3, 0.4) is 0 Å². The molecule has 4 rings (SSSR count). The Morgan fingerprint density at radius 1 is 1.15 bits per heavy atom. The third-order valence-corrected chi connectivity index (χ3v) is 6.76. The smallest absolute Gasteiger partial charge is 0.120 e. The van der Waals surface area contributed by atoms with Crippen molar-refractivity contribution in [2.45, 2.75) is 64.0 Å². The van der Waals surface area contributed by atoms with Crippen LogP contribution in [-0.2, 0) is 19.4 Å². The number of hydrogen-bond acceptors (Lipinski definition) is 3. The zero-order chi connectivity index (χ0) is 17.1. The van der Waals surface area contributed by atoms with E-state index in [1.165, 1.54) is 69.2 Å². The third kappa shape index (κ3) is 4.11. The Morgan fingerprint density at radius 2 is 2.08 bits per heavy atom. The molecule has 1 aromatic heterocycles. The van der Waals surface area contributed by atoms with E-state index in [0.717, 1.165) is 5.75 Å². The highest BCUT2D eigenvalue weighted by molar-refractivity contribution is 7.07. The van der Waals surface area contributed by atoms with Crippen molar-refractivity contribution in [2.75, 3.05) is 13.1 Å². The summed E-state index contributed by atoms with van der Waals surface area (Å²) >= 11 is 1.73. The Bertz CT molecular complexity index is 700. The number of hydrogen-bond donors (Lipinski definition) is 0. The van der Waals surface area contributed by atoms with Gasteiger partial charge in [-0.05, 0) is 97.3 Å². The highest BCUT2D eigenvalue weighted by Gasteiger charge is 2.40. The van der Waals surface area contributed by atoms with Crippen molar-refractivity contribution in [3.8, 4) is 5.75 Å². The van der Waals surface area contributed by atoms with Crippen LogP contribution in [-0.4, -0.2) is 23.5 Å². The minimum atomic E-state index is 0. The van der Waals surface area contributed by atoms with Gasteiger partial charge < -0.3 is 4.74 Å². The summed E-state index contributed by atoms with van der Waals surface area (Å²) in [5, 5.41) is 4.27. The van der Waals surface area contributed by atoms with E-state index in [4.69, 9.17) is 4.74 Å². The Balaban J connectivity index is 0.00000196. The number of benzene rings is 1. The second kappa shape index (κ2) is 8.77. The summed E-state index contributed by atoms with van der Waals surface area (Å²) in [4.78, 5) is 2.81. The predicted molar refractivity (Wildman–Crippen MR) is 113 cm³/mol. The predicted octanol–water partition coefficient (Wildman–Crippen LogP) is 5.87. The Hall–Kier alpha value is -1.03. The molecule has 1 aromatic carbocycles. The molecule has 1 unspecified atom stereocenters. The molecule has 2 aromatic rings. The van der Waals surface area contributed by atoms with Crippen LogP contribution in [0.1, 0.15) is 55.7 Å². The molecule has 2 nitrogen and oxygen atoms in total. The first kappa shape index (κ1) is 19.7. The van der Waals surface area contributed by atoms with Gasteiger partial charge in [0.05, 0.1) is 0 Å². The van der Waals surface area contributed by atoms with E-state index in [0.29, 0.717) is 12.1 Å². The summed E-state index contributed by atoms with van der Waals surface area (Å²) in [6.45, 7) is 5.55. The fraction of sp³-hybridized carbons (Fsp3) is 0.545. The highest BCUT2D eigenvalue weighted by Crippen LogP contribution is 2.40. The zero-order valence-electron chi connectivity index (χ0n) is 15.7. The van der Waals surface area contributed by atoms with E-state index < -0.39 is 0 Å². The molecule has 1 aliphatic heterocycles. The molecule has 0 radical (unpaired) electrons. The van der Waals surface area contributed by atoms with Gasteiger partial charge in [0, 0.05) is 5.54 Å². The van der Waals surface area contributed by atoms with Crippen molar-refractivity contribution in [1.29, 1.82) is 0 Å². The molecule has 0 amide bonds. The van der Waals surface area contributed by atoms with Gasteiger partial charge in [-0.25, -0.2) is 0 Å². The lowest BCUT2D eigenvalue weighted by Crippen LogP contribution is -2.55. The van der Waals surface area contributed by atoms with Crippen LogP contribution in [0.5, 0.6) is 5.75 Å². The van der Waals surface area contributed by atoms with E-state index in [1.807, 2.05) is 0 Å². The maximum absolute atomic E-state index is 6.01. The molecule has 1 saturated heterocycles. The average molecular weight is 392 g/mol. The lowest BCUT2D eigenvalue weighted by molar-refractivity contribution is 0.0340. The number of thiophene rings is 1. The maximum atomic E-state index is 6.01. The molecule has 4 heteroatoms. The SMILES string of the molecule is CCCN1CCCCC12CCc1cc(OCc3ccsc3)ccc1C2.Cl. The van der Waals surface area contributed by atoms with Gasteiger partial charge in [-0.3, -0.25) is 4.90 Å². The second-order valence-corrected chi connectivity index (χ2v) is 8.48. The van der Waals surface area contributed by atoms with E-state index in [-0.39, 0.29) is 12.4 Å². The van der Waals surface area contributed by atoms with E-state index in [9.17, 15) is 0 Å². The van der Waals surface area contributed by atoms with Gasteiger partial charge in [-0.1, -0.05) is 19.4 Å². The number of likely N-dealkylation sites (tertiary alicyclic amines) is 1. The van der Waals surface area contributed by atoms with E-state index >= 15 is 0 Å². The number of aryl methyl sites for hydroxylation is 1. The largest absolute Gasteiger partial charge is 0.489 e. The standard InChI is InChI=1S/C22H29NOS.ClH/c1-2-11-23-12-4-3-9-22(23)10-7-19-14-21(6-5-20(19)15-22)24-16-18-8-13-25-17-18;/h5-6,8,13-14,17H,2-4,7,9-12,15-16H2,1H3;1H. The molecule has 2 heterocycles. The van der Waals surface area contributed by atoms with Crippen LogP contribution in [0.25, 0.3) is 0 Å². The van der Waals surface area contributed by atoms with Crippen molar-refractivity contribution >= 4 is 23.7 Å². The van der Waals surface area contributed by atoms with Crippen molar-refractivity contribution in [3.05, 3.63) is 51.7 Å². The number of nitrogens with zero attached hydrogens (tertiary/aromatic N) is 1. The summed E-state index contributed by atoms with van der Waals surface area (Å²) in [5.41, 5.74) is 4.76. The fourth-order valence-corrected chi connectivity index (χ4v) is 5.36.